The number of fused-ring (bicyclic) bond motifs is 1. The number of nitrogens with one attached hydrogen (secondary N) is 4. The largest absolute Gasteiger partial charge is 0.323 e. The molecule has 4 aromatic rings. The van der Waals surface area contributed by atoms with Gasteiger partial charge in [-0.25, -0.2) is 13.2 Å². The van der Waals surface area contributed by atoms with Crippen molar-refractivity contribution in [2.75, 3.05) is 10.0 Å². The summed E-state index contributed by atoms with van der Waals surface area (Å²) in [5.74, 6) is -0.399. The van der Waals surface area contributed by atoms with Gasteiger partial charge in [0.1, 0.15) is 0 Å². The molecule has 0 aliphatic carbocycles. The lowest BCUT2D eigenvalue weighted by molar-refractivity contribution is 0.102. The highest BCUT2D eigenvalue weighted by atomic mass is 32.2. The minimum Gasteiger partial charge on any atom is -0.322 e. The van der Waals surface area contributed by atoms with Gasteiger partial charge in [-0.1, -0.05) is 12.1 Å². The van der Waals surface area contributed by atoms with Crippen molar-refractivity contribution in [3.8, 4) is 0 Å². The lowest BCUT2D eigenvalue weighted by atomic mass is 10.1. The van der Waals surface area contributed by atoms with Gasteiger partial charge in [0.2, 0.25) is 0 Å². The maximum Gasteiger partial charge on any atom is 0.323 e. The molecule has 9 heteroatoms. The third-order valence-corrected chi connectivity index (χ3v) is 6.43. The van der Waals surface area contributed by atoms with Gasteiger partial charge in [-0.3, -0.25) is 9.52 Å². The number of benzene rings is 3. The number of aromatic nitrogens is 2. The topological polar surface area (TPSA) is 124 Å². The summed E-state index contributed by atoms with van der Waals surface area (Å²) in [6, 6.07) is 16.0. The van der Waals surface area contributed by atoms with Crippen LogP contribution in [0.4, 0.5) is 11.4 Å². The molecule has 8 nitrogen and oxygen atoms in total. The Morgan fingerprint density at radius 2 is 1.61 bits per heavy atom. The third-order valence-electron chi connectivity index (χ3n) is 5.05. The number of amides is 1. The van der Waals surface area contributed by atoms with Crippen LogP contribution in [0.5, 0.6) is 0 Å². The van der Waals surface area contributed by atoms with E-state index in [1.165, 1.54) is 24.3 Å². The molecule has 0 fully saturated rings. The number of carbonyl (C=O) groups is 1. The number of H-pyrrole nitrogens is 2. The van der Waals surface area contributed by atoms with Crippen LogP contribution < -0.4 is 15.7 Å². The molecule has 0 atom stereocenters. The van der Waals surface area contributed by atoms with E-state index in [1.807, 2.05) is 19.9 Å². The van der Waals surface area contributed by atoms with Crippen LogP contribution in [0.25, 0.3) is 11.0 Å². The van der Waals surface area contributed by atoms with Crippen molar-refractivity contribution < 1.29 is 13.2 Å². The van der Waals surface area contributed by atoms with Gasteiger partial charge in [-0.05, 0) is 73.5 Å². The van der Waals surface area contributed by atoms with Crippen LogP contribution in [-0.2, 0) is 10.0 Å². The summed E-state index contributed by atoms with van der Waals surface area (Å²) in [4.78, 5) is 29.2. The predicted octanol–water partition coefficient (Wildman–Crippen LogP) is 3.53. The second-order valence-electron chi connectivity index (χ2n) is 7.17. The molecule has 0 bridgehead atoms. The summed E-state index contributed by atoms with van der Waals surface area (Å²) in [7, 11) is -3.79. The van der Waals surface area contributed by atoms with Crippen LogP contribution in [0.3, 0.4) is 0 Å². The highest BCUT2D eigenvalue weighted by Crippen LogP contribution is 2.22. The Labute approximate surface area is 178 Å². The molecule has 3 aromatic carbocycles. The second kappa shape index (κ2) is 7.77. The number of rotatable bonds is 5. The highest BCUT2D eigenvalue weighted by Gasteiger charge is 2.17. The summed E-state index contributed by atoms with van der Waals surface area (Å²) < 4.78 is 28.0. The standard InChI is InChI=1S/C22H20N4O4S/c1-13-4-3-5-18(14(13)2)26-31(29,30)17-9-6-15(7-10-17)21(27)23-16-8-11-19-20(12-16)25-22(28)24-19/h3-12,26H,1-2H3,(H,23,27)(H2,24,25,28). The van der Waals surface area contributed by atoms with E-state index < -0.39 is 15.9 Å². The van der Waals surface area contributed by atoms with Crippen molar-refractivity contribution in [3.63, 3.8) is 0 Å². The zero-order chi connectivity index (χ0) is 22.2. The zero-order valence-electron chi connectivity index (χ0n) is 16.8. The van der Waals surface area contributed by atoms with Crippen molar-refractivity contribution >= 4 is 38.3 Å². The summed E-state index contributed by atoms with van der Waals surface area (Å²) in [6.07, 6.45) is 0. The van der Waals surface area contributed by atoms with Crippen LogP contribution >= 0.6 is 0 Å². The first-order valence-corrected chi connectivity index (χ1v) is 10.9. The van der Waals surface area contributed by atoms with E-state index in [0.29, 0.717) is 28.0 Å². The van der Waals surface area contributed by atoms with E-state index >= 15 is 0 Å². The van der Waals surface area contributed by atoms with Gasteiger partial charge < -0.3 is 15.3 Å². The van der Waals surface area contributed by atoms with E-state index in [4.69, 9.17) is 0 Å². The highest BCUT2D eigenvalue weighted by molar-refractivity contribution is 7.92. The van der Waals surface area contributed by atoms with Gasteiger partial charge in [0.15, 0.2) is 0 Å². The minimum atomic E-state index is -3.79. The van der Waals surface area contributed by atoms with Crippen LogP contribution in [0.15, 0.2) is 70.4 Å². The SMILES string of the molecule is Cc1cccc(NS(=O)(=O)c2ccc(C(=O)Nc3ccc4[nH]c(=O)[nH]c4c3)cc2)c1C. The molecule has 0 aliphatic rings. The lowest BCUT2D eigenvalue weighted by Crippen LogP contribution is -2.15. The summed E-state index contributed by atoms with van der Waals surface area (Å²) in [6.45, 7) is 3.76. The number of carbonyl (C=O) groups excluding carboxylic acids is 1. The zero-order valence-corrected chi connectivity index (χ0v) is 17.6. The van der Waals surface area contributed by atoms with Gasteiger partial charge >= 0.3 is 5.69 Å². The molecule has 0 radical (unpaired) electrons. The predicted molar refractivity (Wildman–Crippen MR) is 120 cm³/mol. The maximum atomic E-state index is 12.7. The average Bonchev–Trinajstić information content (AvgIpc) is 3.10. The fourth-order valence-corrected chi connectivity index (χ4v) is 4.29. The normalized spacial score (nSPS) is 11.4. The Morgan fingerprint density at radius 1 is 0.903 bits per heavy atom. The first-order valence-electron chi connectivity index (χ1n) is 9.45. The number of hydrogen-bond acceptors (Lipinski definition) is 4. The van der Waals surface area contributed by atoms with E-state index in [-0.39, 0.29) is 10.6 Å². The van der Waals surface area contributed by atoms with Crippen molar-refractivity contribution in [3.05, 3.63) is 87.8 Å². The van der Waals surface area contributed by atoms with Crippen LogP contribution in [0, 0.1) is 13.8 Å². The molecule has 0 saturated heterocycles. The molecule has 31 heavy (non-hydrogen) atoms. The summed E-state index contributed by atoms with van der Waals surface area (Å²) in [5.41, 5.74) is 4.02. The number of sulfonamides is 1. The first kappa shape index (κ1) is 20.4. The van der Waals surface area contributed by atoms with Crippen LogP contribution in [0.1, 0.15) is 21.5 Å². The smallest absolute Gasteiger partial charge is 0.322 e. The number of aryl methyl sites for hydroxylation is 1. The fourth-order valence-electron chi connectivity index (χ4n) is 3.16. The van der Waals surface area contributed by atoms with Gasteiger partial charge in [0, 0.05) is 11.3 Å². The van der Waals surface area contributed by atoms with Crippen LogP contribution in [-0.4, -0.2) is 24.3 Å². The number of anilines is 2. The fraction of sp³-hybridized carbons (Fsp3) is 0.0909. The average molecular weight is 436 g/mol. The van der Waals surface area contributed by atoms with Crippen molar-refractivity contribution in [1.29, 1.82) is 0 Å². The molecule has 1 aromatic heterocycles. The van der Waals surface area contributed by atoms with Gasteiger partial charge in [-0.15, -0.1) is 0 Å². The molecule has 1 heterocycles. The molecule has 0 unspecified atom stereocenters. The van der Waals surface area contributed by atoms with Crippen molar-refractivity contribution in [2.24, 2.45) is 0 Å². The first-order chi connectivity index (χ1) is 14.7. The molecule has 158 valence electrons. The number of imidazole rings is 1. The minimum absolute atomic E-state index is 0.0521. The Bertz CT molecular complexity index is 1450. The molecule has 4 rings (SSSR count). The molecule has 0 saturated carbocycles. The monoisotopic (exact) mass is 436 g/mol. The molecule has 1 amide bonds. The molecule has 4 N–H and O–H groups in total. The van der Waals surface area contributed by atoms with Gasteiger partial charge in [-0.2, -0.15) is 0 Å². The van der Waals surface area contributed by atoms with E-state index in [1.54, 1.807) is 30.3 Å². The number of aromatic amines is 2. The Balaban J connectivity index is 1.51. The van der Waals surface area contributed by atoms with Gasteiger partial charge in [0.25, 0.3) is 15.9 Å². The van der Waals surface area contributed by atoms with Gasteiger partial charge in [0.05, 0.1) is 21.6 Å². The van der Waals surface area contributed by atoms with Crippen LogP contribution in [0.2, 0.25) is 0 Å². The Kier molecular flexibility index (Phi) is 5.12. The van der Waals surface area contributed by atoms with E-state index in [2.05, 4.69) is 20.0 Å². The maximum absolute atomic E-state index is 12.7. The summed E-state index contributed by atoms with van der Waals surface area (Å²) in [5, 5.41) is 2.73. The Morgan fingerprint density at radius 3 is 2.35 bits per heavy atom. The molecular formula is C22H20N4O4S. The van der Waals surface area contributed by atoms with Crippen molar-refractivity contribution in [2.45, 2.75) is 18.7 Å². The van der Waals surface area contributed by atoms with E-state index in [9.17, 15) is 18.0 Å². The van der Waals surface area contributed by atoms with E-state index in [0.717, 1.165) is 11.1 Å². The quantitative estimate of drug-likeness (QED) is 0.382. The van der Waals surface area contributed by atoms with Crippen molar-refractivity contribution in [1.82, 2.24) is 9.97 Å². The lowest BCUT2D eigenvalue weighted by Gasteiger charge is -2.12. The molecular weight excluding hydrogens is 416 g/mol. The number of hydrogen-bond donors (Lipinski definition) is 4. The molecule has 0 aliphatic heterocycles. The second-order valence-corrected chi connectivity index (χ2v) is 8.85. The molecule has 0 spiro atoms. The summed E-state index contributed by atoms with van der Waals surface area (Å²) >= 11 is 0. The third kappa shape index (κ3) is 4.22. The Hall–Kier alpha value is -3.85.